The second kappa shape index (κ2) is 11.1. The van der Waals surface area contributed by atoms with Crippen molar-refractivity contribution < 1.29 is 14.4 Å². The zero-order chi connectivity index (χ0) is 24.7. The third-order valence-corrected chi connectivity index (χ3v) is 6.03. The average molecular weight is 478 g/mol. The minimum atomic E-state index is -0.904. The van der Waals surface area contributed by atoms with Crippen molar-refractivity contribution in [3.63, 3.8) is 0 Å². The number of hydrogen-bond donors (Lipinski definition) is 2. The topological polar surface area (TPSA) is 78.5 Å². The van der Waals surface area contributed by atoms with Crippen LogP contribution in [0.15, 0.2) is 72.1 Å². The van der Waals surface area contributed by atoms with E-state index in [1.165, 1.54) is 16.2 Å². The van der Waals surface area contributed by atoms with Crippen molar-refractivity contribution in [2.75, 3.05) is 11.4 Å². The summed E-state index contributed by atoms with van der Waals surface area (Å²) in [5, 5.41) is 7.52. The van der Waals surface area contributed by atoms with E-state index in [0.29, 0.717) is 16.1 Å². The highest BCUT2D eigenvalue weighted by molar-refractivity contribution is 7.12. The summed E-state index contributed by atoms with van der Waals surface area (Å²) in [6, 6.07) is 19.4. The predicted molar refractivity (Wildman–Crippen MR) is 137 cm³/mol. The highest BCUT2D eigenvalue weighted by atomic mass is 32.1. The van der Waals surface area contributed by atoms with Gasteiger partial charge in [-0.3, -0.25) is 19.3 Å². The molecule has 178 valence electrons. The summed E-state index contributed by atoms with van der Waals surface area (Å²) >= 11 is 1.30. The Morgan fingerprint density at radius 2 is 1.62 bits per heavy atom. The molecule has 0 aliphatic heterocycles. The third kappa shape index (κ3) is 6.54. The second-order valence-corrected chi connectivity index (χ2v) is 9.94. The van der Waals surface area contributed by atoms with Crippen LogP contribution in [0.3, 0.4) is 0 Å². The van der Waals surface area contributed by atoms with E-state index in [1.54, 1.807) is 17.5 Å². The molecule has 34 heavy (non-hydrogen) atoms. The van der Waals surface area contributed by atoms with E-state index in [9.17, 15) is 14.4 Å². The number of aryl methyl sites for hydroxylation is 1. The lowest BCUT2D eigenvalue weighted by Gasteiger charge is -2.34. The van der Waals surface area contributed by atoms with Gasteiger partial charge < -0.3 is 10.6 Å². The smallest absolute Gasteiger partial charge is 0.261 e. The van der Waals surface area contributed by atoms with Gasteiger partial charge in [-0.2, -0.15) is 0 Å². The number of rotatable bonds is 8. The van der Waals surface area contributed by atoms with Crippen LogP contribution in [0.5, 0.6) is 0 Å². The van der Waals surface area contributed by atoms with Crippen LogP contribution in [0.1, 0.15) is 54.5 Å². The van der Waals surface area contributed by atoms with Crippen LogP contribution in [0.2, 0.25) is 0 Å². The molecule has 7 heteroatoms. The quantitative estimate of drug-likeness (QED) is 0.492. The molecule has 1 heterocycles. The fourth-order valence-corrected chi connectivity index (χ4v) is 4.20. The molecule has 3 amide bonds. The maximum atomic E-state index is 13.6. The molecule has 0 saturated heterocycles. The van der Waals surface area contributed by atoms with E-state index in [2.05, 4.69) is 17.6 Å². The molecule has 0 radical (unpaired) electrons. The van der Waals surface area contributed by atoms with Crippen molar-refractivity contribution in [1.29, 1.82) is 0 Å². The number of nitrogens with one attached hydrogen (secondary N) is 2. The SMILES string of the molecule is CCc1ccc(N(C(=O)CNC(=O)c2cccs2)[C@@H](C(=O)NC(C)(C)C)c2ccccc2)cc1. The van der Waals surface area contributed by atoms with Gasteiger partial charge in [-0.05, 0) is 61.9 Å². The first kappa shape index (κ1) is 25.2. The lowest BCUT2D eigenvalue weighted by Crippen LogP contribution is -2.51. The van der Waals surface area contributed by atoms with Gasteiger partial charge in [0, 0.05) is 11.2 Å². The second-order valence-electron chi connectivity index (χ2n) is 9.00. The first-order valence-corrected chi connectivity index (χ1v) is 12.2. The Hall–Kier alpha value is -3.45. The molecule has 6 nitrogen and oxygen atoms in total. The Kier molecular flexibility index (Phi) is 8.23. The van der Waals surface area contributed by atoms with Gasteiger partial charge in [0.15, 0.2) is 0 Å². The molecule has 2 N–H and O–H groups in total. The van der Waals surface area contributed by atoms with Gasteiger partial charge in [-0.1, -0.05) is 55.5 Å². The highest BCUT2D eigenvalue weighted by Crippen LogP contribution is 2.29. The third-order valence-electron chi connectivity index (χ3n) is 5.16. The summed E-state index contributed by atoms with van der Waals surface area (Å²) in [7, 11) is 0. The van der Waals surface area contributed by atoms with E-state index < -0.39 is 11.6 Å². The molecule has 0 saturated carbocycles. The molecule has 3 aromatic rings. The molecule has 0 unspecified atom stereocenters. The average Bonchev–Trinajstić information content (AvgIpc) is 3.35. The lowest BCUT2D eigenvalue weighted by atomic mass is 10.0. The summed E-state index contributed by atoms with van der Waals surface area (Å²) < 4.78 is 0. The molecule has 0 spiro atoms. The molecule has 1 aromatic heterocycles. The number of carbonyl (C=O) groups excluding carboxylic acids is 3. The van der Waals surface area contributed by atoms with Crippen LogP contribution in [0, 0.1) is 0 Å². The largest absolute Gasteiger partial charge is 0.349 e. The first-order valence-electron chi connectivity index (χ1n) is 11.3. The van der Waals surface area contributed by atoms with Gasteiger partial charge in [0.05, 0.1) is 11.4 Å². The Morgan fingerprint density at radius 1 is 0.941 bits per heavy atom. The number of amides is 3. The van der Waals surface area contributed by atoms with Crippen LogP contribution >= 0.6 is 11.3 Å². The van der Waals surface area contributed by atoms with Crippen LogP contribution in [0.25, 0.3) is 0 Å². The summed E-state index contributed by atoms with van der Waals surface area (Å²) in [4.78, 5) is 41.6. The number of anilines is 1. The number of nitrogens with zero attached hydrogens (tertiary/aromatic N) is 1. The van der Waals surface area contributed by atoms with Crippen LogP contribution in [-0.2, 0) is 16.0 Å². The minimum Gasteiger partial charge on any atom is -0.349 e. The predicted octanol–water partition coefficient (Wildman–Crippen LogP) is 4.73. The Labute approximate surface area is 205 Å². The minimum absolute atomic E-state index is 0.238. The molecule has 0 fully saturated rings. The molecule has 2 aromatic carbocycles. The zero-order valence-corrected chi connectivity index (χ0v) is 20.8. The van der Waals surface area contributed by atoms with Gasteiger partial charge >= 0.3 is 0 Å². The van der Waals surface area contributed by atoms with E-state index in [-0.39, 0.29) is 24.3 Å². The zero-order valence-electron chi connectivity index (χ0n) is 20.0. The lowest BCUT2D eigenvalue weighted by molar-refractivity contribution is -0.127. The maximum Gasteiger partial charge on any atom is 0.261 e. The van der Waals surface area contributed by atoms with Gasteiger partial charge in [0.1, 0.15) is 6.04 Å². The van der Waals surface area contributed by atoms with Crippen molar-refractivity contribution in [1.82, 2.24) is 10.6 Å². The van der Waals surface area contributed by atoms with E-state index in [1.807, 2.05) is 75.4 Å². The van der Waals surface area contributed by atoms with Gasteiger partial charge in [0.2, 0.25) is 11.8 Å². The van der Waals surface area contributed by atoms with Gasteiger partial charge in [-0.25, -0.2) is 0 Å². The van der Waals surface area contributed by atoms with E-state index >= 15 is 0 Å². The fourth-order valence-electron chi connectivity index (χ4n) is 3.56. The standard InChI is InChI=1S/C27H31N3O3S/c1-5-19-13-15-21(16-14-19)30(23(31)18-28-25(32)22-12-9-17-34-22)24(20-10-7-6-8-11-20)26(33)29-27(2,3)4/h6-17,24H,5,18H2,1-4H3,(H,28,32)(H,29,33)/t24-/m1/s1. The number of carbonyl (C=O) groups is 3. The summed E-state index contributed by atoms with van der Waals surface area (Å²) in [6.07, 6.45) is 0.859. The van der Waals surface area contributed by atoms with Crippen LogP contribution in [-0.4, -0.2) is 29.8 Å². The summed E-state index contributed by atoms with van der Waals surface area (Å²) in [5.74, 6) is -0.997. The van der Waals surface area contributed by atoms with Gasteiger partial charge in [0.25, 0.3) is 5.91 Å². The maximum absolute atomic E-state index is 13.6. The Morgan fingerprint density at radius 3 is 2.18 bits per heavy atom. The first-order chi connectivity index (χ1) is 16.2. The van der Waals surface area contributed by atoms with Crippen molar-refractivity contribution in [3.8, 4) is 0 Å². The molecule has 0 aliphatic carbocycles. The monoisotopic (exact) mass is 477 g/mol. The van der Waals surface area contributed by atoms with E-state index in [4.69, 9.17) is 0 Å². The van der Waals surface area contributed by atoms with Crippen molar-refractivity contribution in [2.45, 2.75) is 45.7 Å². The molecular weight excluding hydrogens is 446 g/mol. The Bertz CT molecular complexity index is 1100. The van der Waals surface area contributed by atoms with E-state index in [0.717, 1.165) is 12.0 Å². The normalized spacial score (nSPS) is 12.0. The molecule has 0 aliphatic rings. The van der Waals surface area contributed by atoms with Crippen molar-refractivity contribution >= 4 is 34.7 Å². The molecular formula is C27H31N3O3S. The van der Waals surface area contributed by atoms with Gasteiger partial charge in [-0.15, -0.1) is 11.3 Å². The number of hydrogen-bond acceptors (Lipinski definition) is 4. The van der Waals surface area contributed by atoms with Crippen molar-refractivity contribution in [3.05, 3.63) is 88.1 Å². The van der Waals surface area contributed by atoms with Crippen LogP contribution < -0.4 is 15.5 Å². The Balaban J connectivity index is 2.00. The number of thiophene rings is 1. The van der Waals surface area contributed by atoms with Crippen LogP contribution in [0.4, 0.5) is 5.69 Å². The fraction of sp³-hybridized carbons (Fsp3) is 0.296. The van der Waals surface area contributed by atoms with Crippen molar-refractivity contribution in [2.24, 2.45) is 0 Å². The summed E-state index contributed by atoms with van der Waals surface area (Å²) in [5.41, 5.74) is 1.91. The number of benzene rings is 2. The molecule has 1 atom stereocenters. The molecule has 0 bridgehead atoms. The highest BCUT2D eigenvalue weighted by Gasteiger charge is 2.34. The molecule has 3 rings (SSSR count). The summed E-state index contributed by atoms with van der Waals surface area (Å²) in [6.45, 7) is 7.52.